The maximum atomic E-state index is 5.93. The second kappa shape index (κ2) is 5.34. The number of pyridine rings is 1. The largest absolute Gasteiger partial charge is 0.282 e. The molecule has 0 atom stereocenters. The van der Waals surface area contributed by atoms with Gasteiger partial charge in [-0.15, -0.1) is 10.2 Å². The lowest BCUT2D eigenvalue weighted by atomic mass is 10.3. The number of rotatable bonds is 2. The van der Waals surface area contributed by atoms with Gasteiger partial charge < -0.3 is 0 Å². The Hall–Kier alpha value is -1.72. The van der Waals surface area contributed by atoms with Crippen molar-refractivity contribution in [3.8, 4) is 0 Å². The molecule has 6 heteroatoms. The molecule has 100 valence electrons. The third kappa shape index (κ3) is 2.59. The van der Waals surface area contributed by atoms with E-state index in [2.05, 4.69) is 31.1 Å². The van der Waals surface area contributed by atoms with E-state index < -0.39 is 0 Å². The molecule has 0 radical (unpaired) electrons. The zero-order valence-corrected chi connectivity index (χ0v) is 12.9. The third-order valence-electron chi connectivity index (χ3n) is 2.79. The molecule has 0 aliphatic carbocycles. The molecular formula is C14H10BrClN4. The van der Waals surface area contributed by atoms with E-state index in [0.29, 0.717) is 16.5 Å². The van der Waals surface area contributed by atoms with Crippen LogP contribution in [0.2, 0.25) is 5.02 Å². The van der Waals surface area contributed by atoms with E-state index in [1.165, 1.54) is 0 Å². The third-order valence-corrected chi connectivity index (χ3v) is 3.50. The molecule has 0 unspecified atom stereocenters. The number of azo groups is 1. The van der Waals surface area contributed by atoms with Crippen molar-refractivity contribution in [3.05, 3.63) is 57.8 Å². The molecule has 0 saturated carbocycles. The molecule has 3 aromatic rings. The lowest BCUT2D eigenvalue weighted by Crippen LogP contribution is -1.82. The van der Waals surface area contributed by atoms with Crippen LogP contribution in [0, 0.1) is 6.92 Å². The quantitative estimate of drug-likeness (QED) is 0.565. The highest BCUT2D eigenvalue weighted by molar-refractivity contribution is 9.10. The first-order chi connectivity index (χ1) is 9.63. The minimum Gasteiger partial charge on any atom is -0.282 e. The Morgan fingerprint density at radius 2 is 2.05 bits per heavy atom. The molecular weight excluding hydrogens is 340 g/mol. The van der Waals surface area contributed by atoms with Gasteiger partial charge in [-0.1, -0.05) is 17.7 Å². The summed E-state index contributed by atoms with van der Waals surface area (Å²) in [5.74, 6) is 0.710. The average Bonchev–Trinajstić information content (AvgIpc) is 2.72. The standard InChI is InChI=1S/C14H10BrClN4/c1-9-14(19-18-12-4-2-3-11(16)7-12)20-8-10(15)5-6-13(20)17-9/h2-8H,1H3. The number of hydrogen-bond donors (Lipinski definition) is 0. The van der Waals surface area contributed by atoms with Gasteiger partial charge in [0.1, 0.15) is 5.65 Å². The summed E-state index contributed by atoms with van der Waals surface area (Å²) in [4.78, 5) is 4.45. The van der Waals surface area contributed by atoms with Gasteiger partial charge in [0.15, 0.2) is 5.82 Å². The van der Waals surface area contributed by atoms with Gasteiger partial charge in [0, 0.05) is 15.7 Å². The number of aromatic nitrogens is 2. The second-order valence-corrected chi connectivity index (χ2v) is 5.63. The SMILES string of the molecule is Cc1nc2ccc(Br)cn2c1N=Nc1cccc(Cl)c1. The van der Waals surface area contributed by atoms with Gasteiger partial charge in [0.2, 0.25) is 0 Å². The minimum absolute atomic E-state index is 0.638. The van der Waals surface area contributed by atoms with Crippen molar-refractivity contribution in [2.75, 3.05) is 0 Å². The predicted octanol–water partition coefficient (Wildman–Crippen LogP) is 5.47. The number of aryl methyl sites for hydroxylation is 1. The summed E-state index contributed by atoms with van der Waals surface area (Å²) in [6.07, 6.45) is 1.92. The monoisotopic (exact) mass is 348 g/mol. The van der Waals surface area contributed by atoms with Crippen molar-refractivity contribution in [1.29, 1.82) is 0 Å². The van der Waals surface area contributed by atoms with Crippen molar-refractivity contribution in [2.45, 2.75) is 6.92 Å². The van der Waals surface area contributed by atoms with Gasteiger partial charge in [-0.25, -0.2) is 4.98 Å². The maximum absolute atomic E-state index is 5.93. The topological polar surface area (TPSA) is 42.0 Å². The van der Waals surface area contributed by atoms with Gasteiger partial charge in [0.05, 0.1) is 11.4 Å². The molecule has 3 rings (SSSR count). The average molecular weight is 350 g/mol. The predicted molar refractivity (Wildman–Crippen MR) is 83.3 cm³/mol. The molecule has 0 aliphatic heterocycles. The van der Waals surface area contributed by atoms with Crippen molar-refractivity contribution < 1.29 is 0 Å². The first-order valence-electron chi connectivity index (χ1n) is 5.95. The molecule has 2 aromatic heterocycles. The van der Waals surface area contributed by atoms with E-state index >= 15 is 0 Å². The summed E-state index contributed by atoms with van der Waals surface area (Å²) in [6.45, 7) is 1.91. The number of hydrogen-bond acceptors (Lipinski definition) is 3. The van der Waals surface area contributed by atoms with Crippen LogP contribution in [0.4, 0.5) is 11.5 Å². The smallest absolute Gasteiger partial charge is 0.182 e. The first-order valence-corrected chi connectivity index (χ1v) is 7.12. The summed E-state index contributed by atoms with van der Waals surface area (Å²) in [5, 5.41) is 9.14. The van der Waals surface area contributed by atoms with Crippen LogP contribution in [-0.4, -0.2) is 9.38 Å². The van der Waals surface area contributed by atoms with Crippen molar-refractivity contribution >= 4 is 44.7 Å². The number of nitrogens with zero attached hydrogens (tertiary/aromatic N) is 4. The van der Waals surface area contributed by atoms with E-state index in [9.17, 15) is 0 Å². The van der Waals surface area contributed by atoms with Crippen LogP contribution in [0.5, 0.6) is 0 Å². The minimum atomic E-state index is 0.638. The fourth-order valence-corrected chi connectivity index (χ4v) is 2.41. The van der Waals surface area contributed by atoms with Crippen molar-refractivity contribution in [3.63, 3.8) is 0 Å². The zero-order valence-electron chi connectivity index (χ0n) is 10.6. The van der Waals surface area contributed by atoms with Gasteiger partial charge >= 0.3 is 0 Å². The molecule has 0 amide bonds. The summed E-state index contributed by atoms with van der Waals surface area (Å²) in [7, 11) is 0. The number of halogens is 2. The van der Waals surface area contributed by atoms with Crippen LogP contribution in [0.3, 0.4) is 0 Å². The molecule has 20 heavy (non-hydrogen) atoms. The Morgan fingerprint density at radius 1 is 1.20 bits per heavy atom. The van der Waals surface area contributed by atoms with E-state index in [4.69, 9.17) is 11.6 Å². The highest BCUT2D eigenvalue weighted by Gasteiger charge is 2.08. The van der Waals surface area contributed by atoms with E-state index in [-0.39, 0.29) is 0 Å². The van der Waals surface area contributed by atoms with Crippen LogP contribution in [-0.2, 0) is 0 Å². The Bertz CT molecular complexity index is 810. The normalized spacial score (nSPS) is 11.6. The zero-order chi connectivity index (χ0) is 14.1. The van der Waals surface area contributed by atoms with Crippen LogP contribution in [0.25, 0.3) is 5.65 Å². The van der Waals surface area contributed by atoms with Gasteiger partial charge in [0.25, 0.3) is 0 Å². The lowest BCUT2D eigenvalue weighted by Gasteiger charge is -1.97. The van der Waals surface area contributed by atoms with Crippen LogP contribution < -0.4 is 0 Å². The molecule has 0 spiro atoms. The Labute approximate surface area is 129 Å². The molecule has 0 saturated heterocycles. The maximum Gasteiger partial charge on any atom is 0.182 e. The highest BCUT2D eigenvalue weighted by Crippen LogP contribution is 2.26. The Balaban J connectivity index is 2.06. The van der Waals surface area contributed by atoms with Crippen LogP contribution in [0.1, 0.15) is 5.69 Å². The summed E-state index contributed by atoms with van der Waals surface area (Å²) in [6, 6.07) is 11.1. The molecule has 0 bridgehead atoms. The molecule has 2 heterocycles. The van der Waals surface area contributed by atoms with E-state index in [1.54, 1.807) is 12.1 Å². The summed E-state index contributed by atoms with van der Waals surface area (Å²) >= 11 is 9.37. The molecule has 0 N–H and O–H groups in total. The molecule has 4 nitrogen and oxygen atoms in total. The van der Waals surface area contributed by atoms with E-state index in [1.807, 2.05) is 41.8 Å². The summed E-state index contributed by atoms with van der Waals surface area (Å²) in [5.41, 5.74) is 2.38. The van der Waals surface area contributed by atoms with Crippen LogP contribution >= 0.6 is 27.5 Å². The first kappa shape index (κ1) is 13.3. The number of fused-ring (bicyclic) bond motifs is 1. The lowest BCUT2D eigenvalue weighted by molar-refractivity contribution is 1.09. The van der Waals surface area contributed by atoms with E-state index in [0.717, 1.165) is 15.8 Å². The van der Waals surface area contributed by atoms with Gasteiger partial charge in [-0.2, -0.15) is 0 Å². The highest BCUT2D eigenvalue weighted by atomic mass is 79.9. The summed E-state index contributed by atoms with van der Waals surface area (Å²) < 4.78 is 2.86. The number of benzene rings is 1. The molecule has 0 aliphatic rings. The molecule has 0 fully saturated rings. The van der Waals surface area contributed by atoms with Crippen molar-refractivity contribution in [1.82, 2.24) is 9.38 Å². The van der Waals surface area contributed by atoms with Gasteiger partial charge in [-0.05, 0) is 53.2 Å². The Kier molecular flexibility index (Phi) is 3.54. The van der Waals surface area contributed by atoms with Crippen LogP contribution in [0.15, 0.2) is 57.3 Å². The Morgan fingerprint density at radius 3 is 2.85 bits per heavy atom. The second-order valence-electron chi connectivity index (χ2n) is 4.28. The fraction of sp³-hybridized carbons (Fsp3) is 0.0714. The molecule has 1 aromatic carbocycles. The fourth-order valence-electron chi connectivity index (χ4n) is 1.89. The van der Waals surface area contributed by atoms with Crippen molar-refractivity contribution in [2.24, 2.45) is 10.2 Å². The van der Waals surface area contributed by atoms with Gasteiger partial charge in [-0.3, -0.25) is 4.40 Å². The number of imidazole rings is 1.